The van der Waals surface area contributed by atoms with Gasteiger partial charge in [0.1, 0.15) is 0 Å². The van der Waals surface area contributed by atoms with E-state index in [2.05, 4.69) is 62.6 Å². The van der Waals surface area contributed by atoms with Crippen LogP contribution in [-0.2, 0) is 0 Å². The fourth-order valence-electron chi connectivity index (χ4n) is 2.75. The third-order valence-corrected chi connectivity index (χ3v) is 4.31. The molecule has 0 spiro atoms. The van der Waals surface area contributed by atoms with Crippen molar-refractivity contribution in [2.75, 3.05) is 26.2 Å². The van der Waals surface area contributed by atoms with Crippen LogP contribution in [0.5, 0.6) is 0 Å². The normalized spacial score (nSPS) is 30.9. The van der Waals surface area contributed by atoms with E-state index in [1.54, 1.807) is 0 Å². The summed E-state index contributed by atoms with van der Waals surface area (Å²) in [5.41, 5.74) is 1.47. The number of rotatable bonds is 1. The van der Waals surface area contributed by atoms with Crippen molar-refractivity contribution < 1.29 is 0 Å². The molecule has 0 unspecified atom stereocenters. The molecule has 2 aliphatic rings. The van der Waals surface area contributed by atoms with Crippen molar-refractivity contribution in [3.05, 3.63) is 46.5 Å². The average Bonchev–Trinajstić information content (AvgIpc) is 2.30. The van der Waals surface area contributed by atoms with Gasteiger partial charge in [0.15, 0.2) is 0 Å². The number of halogens is 1. The number of hydrogen-bond donors (Lipinski definition) is 1. The van der Waals surface area contributed by atoms with Crippen LogP contribution >= 0.6 is 15.9 Å². The standard InChI is InChI=1S/C14H17BrN2/c15-12-5-3-11(4-6-12)13-10-17-8-2-1-7-16-9-14(13)17/h1-6,13-14,16H,7-10H2/b2-1-/t13-,14+/m1/s1. The van der Waals surface area contributed by atoms with Gasteiger partial charge in [-0.1, -0.05) is 40.2 Å². The molecule has 0 saturated carbocycles. The predicted molar refractivity (Wildman–Crippen MR) is 74.3 cm³/mol. The number of benzene rings is 1. The average molecular weight is 293 g/mol. The van der Waals surface area contributed by atoms with Crippen molar-refractivity contribution in [3.8, 4) is 0 Å². The first-order chi connectivity index (χ1) is 8.34. The molecule has 3 heteroatoms. The molecule has 1 saturated heterocycles. The van der Waals surface area contributed by atoms with Gasteiger partial charge in [0.2, 0.25) is 0 Å². The summed E-state index contributed by atoms with van der Waals surface area (Å²) in [6.07, 6.45) is 4.50. The van der Waals surface area contributed by atoms with Crippen molar-refractivity contribution in [1.82, 2.24) is 10.2 Å². The zero-order valence-electron chi connectivity index (χ0n) is 9.77. The molecule has 3 rings (SSSR count). The van der Waals surface area contributed by atoms with E-state index in [4.69, 9.17) is 0 Å². The lowest BCUT2D eigenvalue weighted by molar-refractivity contribution is 0.0715. The van der Waals surface area contributed by atoms with Gasteiger partial charge in [0, 0.05) is 42.6 Å². The minimum absolute atomic E-state index is 0.668. The Bertz CT molecular complexity index is 413. The molecule has 0 bridgehead atoms. The Labute approximate surface area is 111 Å². The summed E-state index contributed by atoms with van der Waals surface area (Å²) >= 11 is 3.49. The number of fused-ring (bicyclic) bond motifs is 1. The Morgan fingerprint density at radius 2 is 2.00 bits per heavy atom. The Morgan fingerprint density at radius 3 is 2.82 bits per heavy atom. The first-order valence-electron chi connectivity index (χ1n) is 6.20. The fraction of sp³-hybridized carbons (Fsp3) is 0.429. The maximum atomic E-state index is 3.49. The van der Waals surface area contributed by atoms with Crippen molar-refractivity contribution >= 4 is 15.9 Å². The van der Waals surface area contributed by atoms with Gasteiger partial charge in [0.05, 0.1) is 0 Å². The van der Waals surface area contributed by atoms with Gasteiger partial charge in [0.25, 0.3) is 0 Å². The molecule has 1 aromatic rings. The van der Waals surface area contributed by atoms with Crippen molar-refractivity contribution in [2.45, 2.75) is 12.0 Å². The molecule has 2 heterocycles. The SMILES string of the molecule is Brc1ccc([C@H]2CN3C/C=C\CNC[C@@H]23)cc1. The summed E-state index contributed by atoms with van der Waals surface area (Å²) in [5, 5.41) is 3.49. The quantitative estimate of drug-likeness (QED) is 0.800. The molecule has 0 amide bonds. The molecule has 90 valence electrons. The van der Waals surface area contributed by atoms with Crippen LogP contribution in [0.4, 0.5) is 0 Å². The monoisotopic (exact) mass is 292 g/mol. The molecule has 0 aliphatic carbocycles. The van der Waals surface area contributed by atoms with Crippen LogP contribution in [0.1, 0.15) is 11.5 Å². The fourth-order valence-corrected chi connectivity index (χ4v) is 3.02. The topological polar surface area (TPSA) is 15.3 Å². The zero-order chi connectivity index (χ0) is 11.7. The number of nitrogens with one attached hydrogen (secondary N) is 1. The first kappa shape index (κ1) is 11.5. The van der Waals surface area contributed by atoms with Crippen LogP contribution in [0, 0.1) is 0 Å². The minimum Gasteiger partial charge on any atom is -0.312 e. The lowest BCUT2D eigenvalue weighted by atomic mass is 9.82. The summed E-state index contributed by atoms with van der Waals surface area (Å²) in [6, 6.07) is 9.46. The van der Waals surface area contributed by atoms with E-state index >= 15 is 0 Å². The summed E-state index contributed by atoms with van der Waals surface area (Å²) < 4.78 is 1.16. The van der Waals surface area contributed by atoms with E-state index in [1.807, 2.05) is 0 Å². The van der Waals surface area contributed by atoms with Gasteiger partial charge in [-0.25, -0.2) is 0 Å². The summed E-state index contributed by atoms with van der Waals surface area (Å²) in [6.45, 7) is 4.42. The van der Waals surface area contributed by atoms with Crippen LogP contribution < -0.4 is 5.32 Å². The van der Waals surface area contributed by atoms with E-state index < -0.39 is 0 Å². The predicted octanol–water partition coefficient (Wildman–Crippen LogP) is 2.38. The summed E-state index contributed by atoms with van der Waals surface area (Å²) in [4.78, 5) is 2.55. The highest BCUT2D eigenvalue weighted by Crippen LogP contribution is 2.34. The summed E-state index contributed by atoms with van der Waals surface area (Å²) in [7, 11) is 0. The van der Waals surface area contributed by atoms with Gasteiger partial charge in [-0.2, -0.15) is 0 Å². The van der Waals surface area contributed by atoms with E-state index in [0.29, 0.717) is 12.0 Å². The van der Waals surface area contributed by atoms with Crippen molar-refractivity contribution in [2.24, 2.45) is 0 Å². The van der Waals surface area contributed by atoms with E-state index in [0.717, 1.165) is 24.1 Å². The lowest BCUT2D eigenvalue weighted by Gasteiger charge is -2.49. The molecule has 1 aromatic carbocycles. The lowest BCUT2D eigenvalue weighted by Crippen LogP contribution is -2.59. The smallest absolute Gasteiger partial charge is 0.0305 e. The maximum Gasteiger partial charge on any atom is 0.0305 e. The number of nitrogens with zero attached hydrogens (tertiary/aromatic N) is 1. The molecule has 1 N–H and O–H groups in total. The molecule has 2 nitrogen and oxygen atoms in total. The Balaban J connectivity index is 1.74. The Morgan fingerprint density at radius 1 is 1.18 bits per heavy atom. The van der Waals surface area contributed by atoms with Gasteiger partial charge in [-0.05, 0) is 17.7 Å². The molecular weight excluding hydrogens is 276 g/mol. The molecule has 0 radical (unpaired) electrons. The van der Waals surface area contributed by atoms with E-state index in [-0.39, 0.29) is 0 Å². The molecular formula is C14H17BrN2. The maximum absolute atomic E-state index is 3.49. The van der Waals surface area contributed by atoms with Crippen LogP contribution in [-0.4, -0.2) is 37.1 Å². The van der Waals surface area contributed by atoms with Gasteiger partial charge in [-0.3, -0.25) is 4.90 Å². The summed E-state index contributed by atoms with van der Waals surface area (Å²) in [5.74, 6) is 0.696. The van der Waals surface area contributed by atoms with Gasteiger partial charge in [-0.15, -0.1) is 0 Å². The largest absolute Gasteiger partial charge is 0.312 e. The van der Waals surface area contributed by atoms with Crippen LogP contribution in [0.2, 0.25) is 0 Å². The van der Waals surface area contributed by atoms with Crippen LogP contribution in [0.25, 0.3) is 0 Å². The highest BCUT2D eigenvalue weighted by Gasteiger charge is 2.38. The third kappa shape index (κ3) is 2.32. The van der Waals surface area contributed by atoms with E-state index in [1.165, 1.54) is 12.1 Å². The number of hydrogen-bond acceptors (Lipinski definition) is 2. The van der Waals surface area contributed by atoms with Gasteiger partial charge >= 0.3 is 0 Å². The highest BCUT2D eigenvalue weighted by atomic mass is 79.9. The van der Waals surface area contributed by atoms with E-state index in [9.17, 15) is 0 Å². The molecule has 0 aromatic heterocycles. The second kappa shape index (κ2) is 4.92. The van der Waals surface area contributed by atoms with Gasteiger partial charge < -0.3 is 5.32 Å². The first-order valence-corrected chi connectivity index (χ1v) is 6.99. The second-order valence-corrected chi connectivity index (χ2v) is 5.72. The third-order valence-electron chi connectivity index (χ3n) is 3.79. The van der Waals surface area contributed by atoms with Crippen LogP contribution in [0.15, 0.2) is 40.9 Å². The van der Waals surface area contributed by atoms with Crippen molar-refractivity contribution in [1.29, 1.82) is 0 Å². The molecule has 2 atom stereocenters. The second-order valence-electron chi connectivity index (χ2n) is 4.81. The Hall–Kier alpha value is -0.640. The molecule has 2 aliphatic heterocycles. The Kier molecular flexibility index (Phi) is 3.32. The molecule has 1 fully saturated rings. The van der Waals surface area contributed by atoms with Crippen molar-refractivity contribution in [3.63, 3.8) is 0 Å². The van der Waals surface area contributed by atoms with Crippen LogP contribution in [0.3, 0.4) is 0 Å². The highest BCUT2D eigenvalue weighted by molar-refractivity contribution is 9.10. The minimum atomic E-state index is 0.668. The molecule has 17 heavy (non-hydrogen) atoms. The zero-order valence-corrected chi connectivity index (χ0v) is 11.4.